The van der Waals surface area contributed by atoms with Crippen molar-refractivity contribution in [3.05, 3.63) is 162 Å². The molecular weight excluding hydrogens is 1100 g/mol. The number of nitrogens with two attached hydrogens (primary N) is 3. The molecule has 0 aliphatic carbocycles. The van der Waals surface area contributed by atoms with Crippen LogP contribution in [0, 0.1) is 5.92 Å². The van der Waals surface area contributed by atoms with Gasteiger partial charge in [-0.05, 0) is 94.1 Å². The first-order chi connectivity index (χ1) is 40.5. The third-order valence-electron chi connectivity index (χ3n) is 14.7. The van der Waals surface area contributed by atoms with Crippen molar-refractivity contribution in [3.63, 3.8) is 0 Å². The average molecular weight is 1180 g/mol. The van der Waals surface area contributed by atoms with Crippen molar-refractivity contribution < 1.29 is 38.4 Å². The topological polar surface area (TPSA) is 328 Å². The lowest BCUT2D eigenvalue weighted by Gasteiger charge is -2.29. The zero-order chi connectivity index (χ0) is 59.7. The molecule has 2 aromatic heterocycles. The van der Waals surface area contributed by atoms with Crippen molar-refractivity contribution in [2.75, 3.05) is 18.1 Å². The second-order valence-corrected chi connectivity index (χ2v) is 23.9. The molecular formula is C62H72N12O8S2. The number of primary amides is 1. The summed E-state index contributed by atoms with van der Waals surface area (Å²) < 4.78 is 0. The second-order valence-electron chi connectivity index (χ2n) is 21.4. The van der Waals surface area contributed by atoms with Crippen LogP contribution in [0.3, 0.4) is 0 Å². The van der Waals surface area contributed by atoms with Crippen LogP contribution >= 0.6 is 21.6 Å². The van der Waals surface area contributed by atoms with E-state index in [1.807, 2.05) is 109 Å². The Hall–Kier alpha value is -8.31. The van der Waals surface area contributed by atoms with Crippen LogP contribution in [-0.2, 0) is 64.0 Å². The van der Waals surface area contributed by atoms with E-state index in [1.165, 1.54) is 0 Å². The number of nitrogens with zero attached hydrogens (tertiary/aromatic N) is 1. The van der Waals surface area contributed by atoms with Crippen molar-refractivity contribution in [3.8, 4) is 0 Å². The predicted molar refractivity (Wildman–Crippen MR) is 329 cm³/mol. The number of rotatable bonds is 18. The van der Waals surface area contributed by atoms with Crippen LogP contribution in [0.25, 0.3) is 32.4 Å². The van der Waals surface area contributed by atoms with Gasteiger partial charge in [0.2, 0.25) is 47.3 Å². The van der Waals surface area contributed by atoms with E-state index in [4.69, 9.17) is 17.2 Å². The number of benzene rings is 5. The van der Waals surface area contributed by atoms with Crippen molar-refractivity contribution in [2.45, 2.75) is 107 Å². The number of carbonyl (C=O) groups excluding carboxylic acids is 8. The highest BCUT2D eigenvalue weighted by Crippen LogP contribution is 2.25. The van der Waals surface area contributed by atoms with Gasteiger partial charge in [-0.1, -0.05) is 145 Å². The average Bonchev–Trinajstić information content (AvgIpc) is 4.10. The summed E-state index contributed by atoms with van der Waals surface area (Å²) in [5.41, 5.74) is 21.9. The van der Waals surface area contributed by atoms with Crippen molar-refractivity contribution >= 4 is 101 Å². The minimum absolute atomic E-state index is 0.0261. The lowest BCUT2D eigenvalue weighted by atomic mass is 10.00. The number of carbonyl (C=O) groups is 8. The van der Waals surface area contributed by atoms with Crippen LogP contribution in [0.4, 0.5) is 0 Å². The first-order valence-corrected chi connectivity index (χ1v) is 30.5. The van der Waals surface area contributed by atoms with Crippen LogP contribution < -0.4 is 54.4 Å². The summed E-state index contributed by atoms with van der Waals surface area (Å²) in [4.78, 5) is 123. The van der Waals surface area contributed by atoms with Crippen molar-refractivity contribution in [1.29, 1.82) is 0 Å². The number of aromatic nitrogens is 2. The third-order valence-corrected chi connectivity index (χ3v) is 17.1. The van der Waals surface area contributed by atoms with E-state index in [2.05, 4.69) is 47.2 Å². The molecule has 7 aromatic rings. The molecule has 1 fully saturated rings. The van der Waals surface area contributed by atoms with E-state index in [0.29, 0.717) is 36.1 Å². The van der Waals surface area contributed by atoms with Gasteiger partial charge in [0, 0.05) is 60.3 Å². The Balaban J connectivity index is 1.13. The van der Waals surface area contributed by atoms with Gasteiger partial charge in [-0.2, -0.15) is 0 Å². The summed E-state index contributed by atoms with van der Waals surface area (Å²) in [5, 5.41) is 24.4. The van der Waals surface area contributed by atoms with Gasteiger partial charge in [0.05, 0.1) is 6.04 Å². The maximum Gasteiger partial charge on any atom is 0.244 e. The first kappa shape index (κ1) is 61.8. The fourth-order valence-electron chi connectivity index (χ4n) is 10.0. The molecule has 1 saturated heterocycles. The molecule has 5 aromatic carbocycles. The number of hydrogen-bond acceptors (Lipinski definition) is 13. The molecule has 14 N–H and O–H groups in total. The molecule has 3 heterocycles. The summed E-state index contributed by atoms with van der Waals surface area (Å²) in [6, 6.07) is 27.4. The Morgan fingerprint density at radius 3 is 1.90 bits per heavy atom. The highest BCUT2D eigenvalue weighted by Gasteiger charge is 2.36. The van der Waals surface area contributed by atoms with E-state index in [1.54, 1.807) is 44.6 Å². The summed E-state index contributed by atoms with van der Waals surface area (Å²) in [5.74, 6) is -6.85. The number of unbranched alkanes of at least 4 members (excludes halogenated alkanes) is 1. The highest BCUT2D eigenvalue weighted by atomic mass is 33.1. The molecule has 0 spiro atoms. The standard InChI is InChI=1S/C62H72N12O8S2/c1-36(2)54-62(82)73-53(60(80)69-49(55(65)75)29-38-21-23-41-14-4-6-16-43(41)27-38)35-84-83-34-52(72-56(76)46(64)28-37-20-22-40-13-3-5-15-42(40)26-37)61(81)70-50(30-39-12-11-25-66-32-39)58(78)71-51(31-44-33-67-47-18-8-7-17-45(44)47)59(79)68-48(57(77)74-54)19-9-10-24-63/h3-8,11-18,20-23,25-27,32-33,36,46,48-54,67H,9-10,19,24,28-31,34-35,63-64H2,1-2H3,(H2,65,75)(H,68,79)(H,69,80)(H,70,81)(H,71,78)(H,72,76)(H,73,82)(H,74,77)/t46-,48-,49-,50-,51?,52?,53?,54?/m0/s1. The summed E-state index contributed by atoms with van der Waals surface area (Å²) in [7, 11) is 2.17. The molecule has 1 aliphatic heterocycles. The highest BCUT2D eigenvalue weighted by molar-refractivity contribution is 8.76. The minimum atomic E-state index is -1.37. The number of H-pyrrole nitrogens is 1. The number of hydrogen-bond donors (Lipinski definition) is 11. The zero-order valence-corrected chi connectivity index (χ0v) is 48.4. The molecule has 20 nitrogen and oxygen atoms in total. The predicted octanol–water partition coefficient (Wildman–Crippen LogP) is 3.53. The van der Waals surface area contributed by atoms with E-state index in [-0.39, 0.29) is 43.6 Å². The van der Waals surface area contributed by atoms with Gasteiger partial charge in [0.15, 0.2) is 0 Å². The molecule has 4 unspecified atom stereocenters. The van der Waals surface area contributed by atoms with Gasteiger partial charge in [-0.3, -0.25) is 43.3 Å². The number of para-hydroxylation sites is 1. The van der Waals surface area contributed by atoms with Crippen LogP contribution in [0.5, 0.6) is 0 Å². The van der Waals surface area contributed by atoms with Crippen LogP contribution in [-0.4, -0.2) is 124 Å². The van der Waals surface area contributed by atoms with Gasteiger partial charge in [0.25, 0.3) is 0 Å². The number of amides is 8. The van der Waals surface area contributed by atoms with Gasteiger partial charge < -0.3 is 59.4 Å². The number of pyridine rings is 1. The Morgan fingerprint density at radius 2 is 1.25 bits per heavy atom. The Bertz CT molecular complexity index is 3470. The number of fused-ring (bicyclic) bond motifs is 3. The molecule has 440 valence electrons. The minimum Gasteiger partial charge on any atom is -0.368 e. The largest absolute Gasteiger partial charge is 0.368 e. The van der Waals surface area contributed by atoms with E-state index >= 15 is 0 Å². The number of nitrogens with one attached hydrogen (secondary N) is 8. The van der Waals surface area contributed by atoms with Gasteiger partial charge in [-0.15, -0.1) is 0 Å². The van der Waals surface area contributed by atoms with E-state index < -0.39 is 102 Å². The fraction of sp³-hybridized carbons (Fsp3) is 0.339. The molecule has 8 rings (SSSR count). The van der Waals surface area contributed by atoms with Crippen LogP contribution in [0.15, 0.2) is 140 Å². The second kappa shape index (κ2) is 29.8. The fourth-order valence-corrected chi connectivity index (χ4v) is 12.3. The maximum atomic E-state index is 15.0. The van der Waals surface area contributed by atoms with E-state index in [9.17, 15) is 38.4 Å². The Kier molecular flexibility index (Phi) is 21.9. The molecule has 0 radical (unpaired) electrons. The third kappa shape index (κ3) is 16.9. The van der Waals surface area contributed by atoms with Gasteiger partial charge in [-0.25, -0.2) is 0 Å². The van der Waals surface area contributed by atoms with E-state index in [0.717, 1.165) is 59.6 Å². The molecule has 0 saturated carbocycles. The quantitative estimate of drug-likeness (QED) is 0.0434. The normalized spacial score (nSPS) is 20.4. The molecule has 1 aliphatic rings. The lowest BCUT2D eigenvalue weighted by Crippen LogP contribution is -2.61. The van der Waals surface area contributed by atoms with Crippen LogP contribution in [0.2, 0.25) is 0 Å². The Morgan fingerprint density at radius 1 is 0.643 bits per heavy atom. The number of aromatic amines is 1. The summed E-state index contributed by atoms with van der Waals surface area (Å²) in [6.45, 7) is 3.71. The molecule has 8 atom stereocenters. The SMILES string of the molecule is CC(C)C1NC(=O)[C@H](CCCCN)NC(=O)C(Cc2c[nH]c3ccccc23)NC(=O)[C@H](Cc2cccnc2)NC(=O)C(NC(=O)[C@@H](N)Cc2ccc3ccccc3c2)CSSCC(C(=O)N[C@@H](Cc2ccc3ccccc3c2)C(N)=O)NC1=O. The first-order valence-electron chi connectivity index (χ1n) is 28.0. The molecule has 0 bridgehead atoms. The van der Waals surface area contributed by atoms with Gasteiger partial charge in [0.1, 0.15) is 42.3 Å². The molecule has 84 heavy (non-hydrogen) atoms. The summed E-state index contributed by atoms with van der Waals surface area (Å²) in [6.07, 6.45) is 5.81. The lowest BCUT2D eigenvalue weighted by molar-refractivity contribution is -0.136. The zero-order valence-electron chi connectivity index (χ0n) is 46.8. The van der Waals surface area contributed by atoms with Gasteiger partial charge >= 0.3 is 0 Å². The monoisotopic (exact) mass is 1180 g/mol. The Labute approximate surface area is 494 Å². The smallest absolute Gasteiger partial charge is 0.244 e. The summed E-state index contributed by atoms with van der Waals surface area (Å²) >= 11 is 0. The molecule has 22 heteroatoms. The maximum absolute atomic E-state index is 15.0. The van der Waals surface area contributed by atoms with Crippen molar-refractivity contribution in [2.24, 2.45) is 23.1 Å². The molecule has 8 amide bonds. The van der Waals surface area contributed by atoms with Crippen molar-refractivity contribution in [1.82, 2.24) is 47.2 Å². The van der Waals surface area contributed by atoms with Crippen LogP contribution in [0.1, 0.15) is 55.4 Å².